The van der Waals surface area contributed by atoms with Crippen molar-refractivity contribution in [2.75, 3.05) is 5.32 Å². The number of nitrogens with one attached hydrogen (secondary N) is 1. The smallest absolute Gasteiger partial charge is 0.310 e. The van der Waals surface area contributed by atoms with E-state index >= 15 is 0 Å². The van der Waals surface area contributed by atoms with Crippen LogP contribution in [0, 0.1) is 18.8 Å². The number of benzene rings is 1. The number of carboxylic acid groups (broad SMARTS) is 1. The Morgan fingerprint density at radius 2 is 1.95 bits per heavy atom. The highest BCUT2D eigenvalue weighted by Crippen LogP contribution is 2.47. The number of carboxylic acids is 1. The van der Waals surface area contributed by atoms with Gasteiger partial charge in [0.15, 0.2) is 0 Å². The fraction of sp³-hybridized carbons (Fsp3) is 0.375. The van der Waals surface area contributed by atoms with E-state index in [0.29, 0.717) is 5.69 Å². The Morgan fingerprint density at radius 1 is 1.29 bits per heavy atom. The molecular weight excluding hydrogens is 270 g/mol. The third-order valence-corrected chi connectivity index (χ3v) is 4.22. The van der Waals surface area contributed by atoms with Crippen molar-refractivity contribution in [3.8, 4) is 0 Å². The number of rotatable bonds is 3. The van der Waals surface area contributed by atoms with Crippen molar-refractivity contribution in [3.05, 3.63) is 42.0 Å². The average Bonchev–Trinajstić information content (AvgIpc) is 2.94. The molecule has 5 nitrogen and oxygen atoms in total. The van der Waals surface area contributed by atoms with Crippen molar-refractivity contribution in [2.45, 2.75) is 25.6 Å². The van der Waals surface area contributed by atoms with E-state index in [0.717, 1.165) is 5.56 Å². The summed E-state index contributed by atoms with van der Waals surface area (Å²) in [6.07, 6.45) is 2.99. The Hall–Kier alpha value is -2.14. The Morgan fingerprint density at radius 3 is 2.57 bits per heavy atom. The number of hydrogen-bond donors (Lipinski definition) is 2. The lowest BCUT2D eigenvalue weighted by atomic mass is 9.75. The first-order valence-electron chi connectivity index (χ1n) is 6.88. The van der Waals surface area contributed by atoms with Crippen LogP contribution in [0.4, 0.5) is 5.69 Å². The van der Waals surface area contributed by atoms with Gasteiger partial charge in [0.05, 0.1) is 17.6 Å². The zero-order chi connectivity index (χ0) is 15.2. The molecule has 2 bridgehead atoms. The largest absolute Gasteiger partial charge is 0.481 e. The first kappa shape index (κ1) is 13.8. The van der Waals surface area contributed by atoms with Crippen LogP contribution in [-0.2, 0) is 14.3 Å². The summed E-state index contributed by atoms with van der Waals surface area (Å²) in [5.41, 5.74) is 0.905. The molecule has 1 saturated heterocycles. The van der Waals surface area contributed by atoms with Gasteiger partial charge in [-0.2, -0.15) is 0 Å². The van der Waals surface area contributed by atoms with Gasteiger partial charge < -0.3 is 15.2 Å². The van der Waals surface area contributed by atoms with Gasteiger partial charge in [-0.1, -0.05) is 29.8 Å². The fourth-order valence-electron chi connectivity index (χ4n) is 3.14. The SMILES string of the molecule is Cc1ccc(NC(=O)[C@H]2[C@H](C(=O)O)[C@H]3C=C[C@@]2(C)O3)cc1. The standard InChI is InChI=1S/C16H17NO4/c1-9-3-5-10(6-4-9)17-14(18)13-12(15(19)20)11-7-8-16(13,2)21-11/h3-8,11-13H,1-2H3,(H,17,18)(H,19,20)/t11-,12-,13-,16-/m1/s1. The normalized spacial score (nSPS) is 33.1. The van der Waals surface area contributed by atoms with Crippen LogP contribution in [0.15, 0.2) is 36.4 Å². The van der Waals surface area contributed by atoms with E-state index in [-0.39, 0.29) is 5.91 Å². The van der Waals surface area contributed by atoms with Crippen molar-refractivity contribution in [1.82, 2.24) is 0 Å². The molecule has 5 heteroatoms. The number of ether oxygens (including phenoxy) is 1. The van der Waals surface area contributed by atoms with E-state index in [1.165, 1.54) is 0 Å². The molecule has 0 saturated carbocycles. The molecule has 4 atom stereocenters. The summed E-state index contributed by atoms with van der Waals surface area (Å²) in [6, 6.07) is 7.39. The highest BCUT2D eigenvalue weighted by molar-refractivity contribution is 5.97. The van der Waals surface area contributed by atoms with E-state index in [9.17, 15) is 14.7 Å². The average molecular weight is 287 g/mol. The van der Waals surface area contributed by atoms with Gasteiger partial charge in [0, 0.05) is 5.69 Å². The maximum absolute atomic E-state index is 12.5. The van der Waals surface area contributed by atoms with Gasteiger partial charge in [-0.25, -0.2) is 0 Å². The minimum atomic E-state index is -1.00. The second-order valence-corrected chi connectivity index (χ2v) is 5.82. The number of fused-ring (bicyclic) bond motifs is 2. The van der Waals surface area contributed by atoms with Crippen LogP contribution in [0.25, 0.3) is 0 Å². The number of carbonyl (C=O) groups is 2. The first-order chi connectivity index (χ1) is 9.90. The molecule has 0 unspecified atom stereocenters. The van der Waals surface area contributed by atoms with Crippen LogP contribution in [0.3, 0.4) is 0 Å². The van der Waals surface area contributed by atoms with Gasteiger partial charge in [0.25, 0.3) is 0 Å². The molecule has 2 aliphatic rings. The summed E-state index contributed by atoms with van der Waals surface area (Å²) in [5, 5.41) is 12.2. The molecule has 2 heterocycles. The topological polar surface area (TPSA) is 75.6 Å². The molecule has 0 aromatic heterocycles. The summed E-state index contributed by atoms with van der Waals surface area (Å²) in [6.45, 7) is 3.72. The molecule has 3 rings (SSSR count). The third-order valence-electron chi connectivity index (χ3n) is 4.22. The molecule has 1 aromatic carbocycles. The summed E-state index contributed by atoms with van der Waals surface area (Å²) in [4.78, 5) is 24.0. The van der Waals surface area contributed by atoms with Gasteiger partial charge >= 0.3 is 5.97 Å². The van der Waals surface area contributed by atoms with Gasteiger partial charge in [-0.15, -0.1) is 0 Å². The van der Waals surface area contributed by atoms with Crippen molar-refractivity contribution in [1.29, 1.82) is 0 Å². The molecule has 0 spiro atoms. The molecule has 1 fully saturated rings. The van der Waals surface area contributed by atoms with Crippen LogP contribution < -0.4 is 5.32 Å². The minimum absolute atomic E-state index is 0.319. The molecule has 1 amide bonds. The Labute approximate surface area is 122 Å². The van der Waals surface area contributed by atoms with Crippen molar-refractivity contribution < 1.29 is 19.4 Å². The highest BCUT2D eigenvalue weighted by Gasteiger charge is 2.59. The van der Waals surface area contributed by atoms with E-state index in [2.05, 4.69) is 5.32 Å². The van der Waals surface area contributed by atoms with Gasteiger partial charge in [0.2, 0.25) is 5.91 Å². The minimum Gasteiger partial charge on any atom is -0.481 e. The number of amides is 1. The van der Waals surface area contributed by atoms with Crippen LogP contribution >= 0.6 is 0 Å². The monoisotopic (exact) mass is 287 g/mol. The Kier molecular flexibility index (Phi) is 3.10. The molecule has 21 heavy (non-hydrogen) atoms. The van der Waals surface area contributed by atoms with Crippen LogP contribution in [0.5, 0.6) is 0 Å². The quantitative estimate of drug-likeness (QED) is 0.833. The molecule has 110 valence electrons. The maximum atomic E-state index is 12.5. The van der Waals surface area contributed by atoms with Crippen LogP contribution in [0.2, 0.25) is 0 Å². The first-order valence-corrected chi connectivity index (χ1v) is 6.88. The van der Waals surface area contributed by atoms with E-state index in [4.69, 9.17) is 4.74 Å². The predicted molar refractivity (Wildman–Crippen MR) is 76.8 cm³/mol. The number of aryl methyl sites for hydroxylation is 1. The molecular formula is C16H17NO4. The third kappa shape index (κ3) is 2.23. The van der Waals surface area contributed by atoms with Crippen LogP contribution in [-0.4, -0.2) is 28.7 Å². The van der Waals surface area contributed by atoms with Gasteiger partial charge in [0.1, 0.15) is 5.92 Å². The molecule has 2 N–H and O–H groups in total. The summed E-state index contributed by atoms with van der Waals surface area (Å²) in [7, 11) is 0. The summed E-state index contributed by atoms with van der Waals surface area (Å²) >= 11 is 0. The lowest BCUT2D eigenvalue weighted by Crippen LogP contribution is -2.44. The molecule has 1 aromatic rings. The maximum Gasteiger partial charge on any atom is 0.310 e. The van der Waals surface area contributed by atoms with Crippen molar-refractivity contribution in [3.63, 3.8) is 0 Å². The molecule has 0 aliphatic carbocycles. The molecule has 2 aliphatic heterocycles. The Balaban J connectivity index is 1.84. The fourth-order valence-corrected chi connectivity index (χ4v) is 3.14. The van der Waals surface area contributed by atoms with E-state index < -0.39 is 29.5 Å². The molecule has 0 radical (unpaired) electrons. The lowest BCUT2D eigenvalue weighted by Gasteiger charge is -2.27. The van der Waals surface area contributed by atoms with Crippen LogP contribution in [0.1, 0.15) is 12.5 Å². The number of aliphatic carboxylic acids is 1. The lowest BCUT2D eigenvalue weighted by molar-refractivity contribution is -0.146. The Bertz CT molecular complexity index is 622. The number of carbonyl (C=O) groups excluding carboxylic acids is 1. The number of hydrogen-bond acceptors (Lipinski definition) is 3. The van der Waals surface area contributed by atoms with Crippen molar-refractivity contribution >= 4 is 17.6 Å². The predicted octanol–water partition coefficient (Wildman–Crippen LogP) is 1.98. The number of anilines is 1. The van der Waals surface area contributed by atoms with E-state index in [1.807, 2.05) is 19.1 Å². The zero-order valence-corrected chi connectivity index (χ0v) is 11.9. The summed E-state index contributed by atoms with van der Waals surface area (Å²) < 4.78 is 5.67. The summed E-state index contributed by atoms with van der Waals surface area (Å²) in [5.74, 6) is -2.89. The van der Waals surface area contributed by atoms with E-state index in [1.54, 1.807) is 31.2 Å². The highest BCUT2D eigenvalue weighted by atomic mass is 16.5. The van der Waals surface area contributed by atoms with Gasteiger partial charge in [-0.3, -0.25) is 9.59 Å². The van der Waals surface area contributed by atoms with Gasteiger partial charge in [-0.05, 0) is 26.0 Å². The second kappa shape index (κ2) is 4.70. The zero-order valence-electron chi connectivity index (χ0n) is 11.9. The second-order valence-electron chi connectivity index (χ2n) is 5.82. The van der Waals surface area contributed by atoms with Crippen molar-refractivity contribution in [2.24, 2.45) is 11.8 Å².